The van der Waals surface area contributed by atoms with E-state index in [4.69, 9.17) is 0 Å². The summed E-state index contributed by atoms with van der Waals surface area (Å²) < 4.78 is 16.1. The maximum atomic E-state index is 14.1. The molecule has 4 rings (SSSR count). The number of rotatable bonds is 3. The Bertz CT molecular complexity index is 965. The zero-order chi connectivity index (χ0) is 18.3. The van der Waals surface area contributed by atoms with Crippen LogP contribution in [0.15, 0.2) is 24.5 Å². The lowest BCUT2D eigenvalue weighted by molar-refractivity contribution is 0.204. The molecule has 0 N–H and O–H groups in total. The third-order valence-electron chi connectivity index (χ3n) is 4.90. The molecule has 0 atom stereocenters. The van der Waals surface area contributed by atoms with Crippen molar-refractivity contribution in [2.75, 3.05) is 6.54 Å². The molecule has 0 saturated carbocycles. The minimum absolute atomic E-state index is 0.321. The average molecular weight is 352 g/mol. The van der Waals surface area contributed by atoms with Crippen molar-refractivity contribution in [2.24, 2.45) is 0 Å². The van der Waals surface area contributed by atoms with Crippen molar-refractivity contribution in [1.29, 1.82) is 0 Å². The lowest BCUT2D eigenvalue weighted by Gasteiger charge is -2.28. The Morgan fingerprint density at radius 2 is 1.96 bits per heavy atom. The van der Waals surface area contributed by atoms with Gasteiger partial charge in [-0.05, 0) is 32.9 Å². The van der Waals surface area contributed by atoms with Gasteiger partial charge in [0, 0.05) is 48.8 Å². The van der Waals surface area contributed by atoms with Gasteiger partial charge in [0.15, 0.2) is 5.82 Å². The topological polar surface area (TPSA) is 59.7 Å². The Balaban J connectivity index is 1.60. The van der Waals surface area contributed by atoms with Crippen LogP contribution in [-0.4, -0.2) is 36.2 Å². The molecule has 0 aliphatic carbocycles. The molecule has 4 heterocycles. The van der Waals surface area contributed by atoms with E-state index in [2.05, 4.69) is 25.0 Å². The Morgan fingerprint density at radius 1 is 1.12 bits per heavy atom. The van der Waals surface area contributed by atoms with Crippen LogP contribution in [0, 0.1) is 26.6 Å². The predicted octanol–water partition coefficient (Wildman–Crippen LogP) is 2.82. The van der Waals surface area contributed by atoms with E-state index in [1.165, 1.54) is 6.07 Å². The van der Waals surface area contributed by atoms with Crippen molar-refractivity contribution in [3.8, 4) is 11.4 Å². The van der Waals surface area contributed by atoms with Crippen LogP contribution in [0.2, 0.25) is 0 Å². The van der Waals surface area contributed by atoms with Gasteiger partial charge in [-0.3, -0.25) is 14.6 Å². The maximum Gasteiger partial charge on any atom is 0.151 e. The molecule has 3 aromatic heterocycles. The van der Waals surface area contributed by atoms with Crippen molar-refractivity contribution < 1.29 is 4.39 Å². The van der Waals surface area contributed by atoms with Crippen LogP contribution in [0.1, 0.15) is 28.3 Å². The van der Waals surface area contributed by atoms with Gasteiger partial charge in [0.25, 0.3) is 0 Å². The molecule has 6 nitrogen and oxygen atoms in total. The van der Waals surface area contributed by atoms with Crippen LogP contribution in [0.5, 0.6) is 0 Å². The molecule has 3 aromatic rings. The summed E-state index contributed by atoms with van der Waals surface area (Å²) in [4.78, 5) is 15.3. The summed E-state index contributed by atoms with van der Waals surface area (Å²) in [6.45, 7) is 9.13. The normalized spacial score (nSPS) is 14.5. The van der Waals surface area contributed by atoms with Crippen LogP contribution >= 0.6 is 0 Å². The predicted molar refractivity (Wildman–Crippen MR) is 95.8 cm³/mol. The van der Waals surface area contributed by atoms with Crippen LogP contribution in [-0.2, 0) is 19.6 Å². The van der Waals surface area contributed by atoms with Crippen molar-refractivity contribution in [3.05, 3.63) is 58.7 Å². The van der Waals surface area contributed by atoms with E-state index in [1.54, 1.807) is 12.3 Å². The molecule has 0 radical (unpaired) electrons. The highest BCUT2D eigenvalue weighted by atomic mass is 19.1. The van der Waals surface area contributed by atoms with E-state index >= 15 is 0 Å². The van der Waals surface area contributed by atoms with E-state index < -0.39 is 0 Å². The fraction of sp³-hybridized carbons (Fsp3) is 0.368. The molecular weight excluding hydrogens is 331 g/mol. The fourth-order valence-corrected chi connectivity index (χ4v) is 3.42. The molecule has 1 aliphatic rings. The van der Waals surface area contributed by atoms with Gasteiger partial charge in [0.05, 0.1) is 12.2 Å². The first-order chi connectivity index (χ1) is 12.5. The molecular formula is C19H21FN6. The highest BCUT2D eigenvalue weighted by molar-refractivity contribution is 5.60. The summed E-state index contributed by atoms with van der Waals surface area (Å²) in [5.41, 5.74) is 5.21. The van der Waals surface area contributed by atoms with Crippen molar-refractivity contribution in [2.45, 2.75) is 40.4 Å². The largest absolute Gasteiger partial charge is 0.291 e. The number of halogens is 1. The monoisotopic (exact) mass is 352 g/mol. The van der Waals surface area contributed by atoms with Crippen molar-refractivity contribution in [3.63, 3.8) is 0 Å². The number of fused-ring (bicyclic) bond motifs is 1. The smallest absolute Gasteiger partial charge is 0.151 e. The summed E-state index contributed by atoms with van der Waals surface area (Å²) >= 11 is 0. The van der Waals surface area contributed by atoms with E-state index in [-0.39, 0.29) is 5.82 Å². The van der Waals surface area contributed by atoms with Crippen LogP contribution < -0.4 is 0 Å². The minimum Gasteiger partial charge on any atom is -0.291 e. The minimum atomic E-state index is -0.338. The standard InChI is InChI=1S/C19H21FN6/c1-12-17-11-25(10-15-9-22-14(3)23-13(15)2)7-8-26(17)24-18(12)19-16(20)5-4-6-21-19/h4-6,9H,7-8,10-11H2,1-3H3. The quantitative estimate of drug-likeness (QED) is 0.725. The Hall–Kier alpha value is -2.67. The van der Waals surface area contributed by atoms with E-state index in [1.807, 2.05) is 31.6 Å². The molecule has 0 spiro atoms. The molecule has 0 aromatic carbocycles. The first-order valence-electron chi connectivity index (χ1n) is 8.71. The summed E-state index contributed by atoms with van der Waals surface area (Å²) in [5, 5.41) is 4.61. The van der Waals surface area contributed by atoms with Gasteiger partial charge in [-0.25, -0.2) is 14.4 Å². The molecule has 0 fully saturated rings. The van der Waals surface area contributed by atoms with Gasteiger partial charge in [-0.15, -0.1) is 0 Å². The Labute approximate surface area is 151 Å². The highest BCUT2D eigenvalue weighted by Gasteiger charge is 2.24. The van der Waals surface area contributed by atoms with Gasteiger partial charge in [-0.1, -0.05) is 0 Å². The average Bonchev–Trinajstić information content (AvgIpc) is 2.94. The number of nitrogens with zero attached hydrogens (tertiary/aromatic N) is 6. The third kappa shape index (κ3) is 2.99. The number of pyridine rings is 1. The molecule has 0 bridgehead atoms. The molecule has 7 heteroatoms. The zero-order valence-electron chi connectivity index (χ0n) is 15.2. The van der Waals surface area contributed by atoms with Gasteiger partial charge >= 0.3 is 0 Å². The molecule has 1 aliphatic heterocycles. The number of aryl methyl sites for hydroxylation is 2. The van der Waals surface area contributed by atoms with Gasteiger partial charge in [-0.2, -0.15) is 5.10 Å². The summed E-state index contributed by atoms with van der Waals surface area (Å²) in [5.74, 6) is 0.455. The number of aromatic nitrogens is 5. The van der Waals surface area contributed by atoms with E-state index in [9.17, 15) is 4.39 Å². The molecule has 0 unspecified atom stereocenters. The summed E-state index contributed by atoms with van der Waals surface area (Å²) in [6.07, 6.45) is 3.51. The van der Waals surface area contributed by atoms with Gasteiger partial charge in [0.2, 0.25) is 0 Å². The second-order valence-corrected chi connectivity index (χ2v) is 6.72. The molecule has 134 valence electrons. The van der Waals surface area contributed by atoms with Crippen LogP contribution in [0.3, 0.4) is 0 Å². The molecule has 26 heavy (non-hydrogen) atoms. The Morgan fingerprint density at radius 3 is 2.73 bits per heavy atom. The second-order valence-electron chi connectivity index (χ2n) is 6.72. The highest BCUT2D eigenvalue weighted by Crippen LogP contribution is 2.28. The molecule has 0 saturated heterocycles. The lowest BCUT2D eigenvalue weighted by Crippen LogP contribution is -2.34. The zero-order valence-corrected chi connectivity index (χ0v) is 15.2. The lowest BCUT2D eigenvalue weighted by atomic mass is 10.1. The number of hydrogen-bond donors (Lipinski definition) is 0. The van der Waals surface area contributed by atoms with Gasteiger partial charge < -0.3 is 0 Å². The van der Waals surface area contributed by atoms with Crippen LogP contribution in [0.25, 0.3) is 11.4 Å². The second kappa shape index (κ2) is 6.57. The fourth-order valence-electron chi connectivity index (χ4n) is 3.42. The Kier molecular flexibility index (Phi) is 4.24. The summed E-state index contributed by atoms with van der Waals surface area (Å²) in [7, 11) is 0. The van der Waals surface area contributed by atoms with E-state index in [0.29, 0.717) is 11.4 Å². The number of hydrogen-bond acceptors (Lipinski definition) is 5. The third-order valence-corrected chi connectivity index (χ3v) is 4.90. The van der Waals surface area contributed by atoms with Crippen LogP contribution in [0.4, 0.5) is 4.39 Å². The first-order valence-corrected chi connectivity index (χ1v) is 8.71. The maximum absolute atomic E-state index is 14.1. The first kappa shape index (κ1) is 16.8. The summed E-state index contributed by atoms with van der Waals surface area (Å²) in [6, 6.07) is 3.02. The molecule has 0 amide bonds. The van der Waals surface area contributed by atoms with Crippen molar-refractivity contribution in [1.82, 2.24) is 29.6 Å². The SMILES string of the molecule is Cc1ncc(CN2CCn3nc(-c4ncccc4F)c(C)c3C2)c(C)n1. The van der Waals surface area contributed by atoms with Gasteiger partial charge in [0.1, 0.15) is 17.2 Å². The van der Waals surface area contributed by atoms with E-state index in [0.717, 1.165) is 54.5 Å². The van der Waals surface area contributed by atoms with Crippen molar-refractivity contribution >= 4 is 0 Å².